The second-order valence-corrected chi connectivity index (χ2v) is 10.8. The number of thiophene rings is 1. The fourth-order valence-corrected chi connectivity index (χ4v) is 6.78. The lowest BCUT2D eigenvalue weighted by molar-refractivity contribution is -0.162. The molecule has 1 saturated heterocycles. The zero-order valence-electron chi connectivity index (χ0n) is 22.1. The zero-order chi connectivity index (χ0) is 28.7. The molecule has 206 valence electrons. The first-order valence-electron chi connectivity index (χ1n) is 12.8. The molecule has 3 atom stereocenters. The number of esters is 1. The lowest BCUT2D eigenvalue weighted by atomic mass is 9.81. The summed E-state index contributed by atoms with van der Waals surface area (Å²) in [6, 6.07) is 4.83. The van der Waals surface area contributed by atoms with E-state index in [1.165, 1.54) is 35.3 Å². The Labute approximate surface area is 234 Å². The molecule has 0 spiro atoms. The maximum atomic E-state index is 13.3. The summed E-state index contributed by atoms with van der Waals surface area (Å²) in [6.07, 6.45) is 3.31. The highest BCUT2D eigenvalue weighted by Gasteiger charge is 2.58. The molecule has 2 aromatic rings. The summed E-state index contributed by atoms with van der Waals surface area (Å²) < 4.78 is 16.4. The number of β-lactam (4-membered cyclic amide) rings is 1. The average molecular weight is 562 g/mol. The minimum Gasteiger partial charge on any atom is -0.457 e. The predicted molar refractivity (Wildman–Crippen MR) is 148 cm³/mol. The molecule has 5 rings (SSSR count). The number of rotatable bonds is 9. The number of carbonyl (C=O) groups is 5. The monoisotopic (exact) mass is 561 g/mol. The molecule has 0 unspecified atom stereocenters. The minimum atomic E-state index is -0.913. The van der Waals surface area contributed by atoms with Crippen molar-refractivity contribution >= 4 is 56.6 Å². The van der Waals surface area contributed by atoms with Crippen LogP contribution >= 0.6 is 11.3 Å². The molecular weight excluding hydrogens is 534 g/mol. The number of Topliss-reactive ketones (excluding diaryl/α,β-unsaturated/α-hetero) is 2. The molecule has 1 aromatic carbocycles. The predicted octanol–water partition coefficient (Wildman–Crippen LogP) is 5.02. The molecule has 0 radical (unpaired) electrons. The van der Waals surface area contributed by atoms with Crippen LogP contribution < -0.4 is 0 Å². The Hall–Kier alpha value is -4.31. The highest BCUT2D eigenvalue weighted by atomic mass is 32.1. The zero-order valence-corrected chi connectivity index (χ0v) is 22.9. The Morgan fingerprint density at radius 2 is 1.88 bits per heavy atom. The van der Waals surface area contributed by atoms with Gasteiger partial charge in [0, 0.05) is 32.5 Å². The van der Waals surface area contributed by atoms with Gasteiger partial charge < -0.3 is 19.1 Å². The van der Waals surface area contributed by atoms with Crippen LogP contribution in [0.5, 0.6) is 0 Å². The molecule has 0 N–H and O–H groups in total. The van der Waals surface area contributed by atoms with Gasteiger partial charge >= 0.3 is 12.1 Å². The lowest BCUT2D eigenvalue weighted by Crippen LogP contribution is -2.62. The van der Waals surface area contributed by atoms with Crippen LogP contribution in [0.3, 0.4) is 0 Å². The number of hydrogen-bond donors (Lipinski definition) is 0. The van der Waals surface area contributed by atoms with E-state index >= 15 is 0 Å². The molecule has 1 aromatic heterocycles. The molecule has 40 heavy (non-hydrogen) atoms. The quantitative estimate of drug-likeness (QED) is 0.181. The number of allylic oxidation sites excluding steroid dienone is 2. The number of hydrogen-bond acceptors (Lipinski definition) is 9. The van der Waals surface area contributed by atoms with Crippen molar-refractivity contribution in [2.75, 3.05) is 13.2 Å². The van der Waals surface area contributed by atoms with E-state index in [1.54, 1.807) is 25.1 Å². The van der Waals surface area contributed by atoms with Crippen molar-refractivity contribution in [2.24, 2.45) is 5.92 Å². The topological polar surface area (TPSA) is 116 Å². The van der Waals surface area contributed by atoms with Crippen LogP contribution in [-0.2, 0) is 23.8 Å². The summed E-state index contributed by atoms with van der Waals surface area (Å²) in [7, 11) is 0. The van der Waals surface area contributed by atoms with Gasteiger partial charge in [-0.15, -0.1) is 11.3 Å². The maximum absolute atomic E-state index is 13.3. The van der Waals surface area contributed by atoms with Crippen LogP contribution in [-0.4, -0.2) is 59.9 Å². The van der Waals surface area contributed by atoms with Crippen LogP contribution in [0, 0.1) is 5.92 Å². The second-order valence-electron chi connectivity index (χ2n) is 9.71. The Balaban J connectivity index is 1.54. The van der Waals surface area contributed by atoms with E-state index in [0.29, 0.717) is 39.0 Å². The molecular formula is C30H27NO8S. The molecule has 1 aliphatic carbocycles. The standard InChI is InChI=1S/C30H27NO8S/c1-5-11-37-29(35)26-19(14-21-24(28(34)31(21)26)16(4)39-30(36)38-12-6-2)18-8-9-22(33)25-20-13-17(15(3)32)7-10-23(20)40-27(18)25/h5-8,10,13,16,21,24H,1-2,9,11-12,14H2,3-4H3/t16-,21-,24-/m1/s1. The Morgan fingerprint density at radius 1 is 1.15 bits per heavy atom. The van der Waals surface area contributed by atoms with E-state index in [4.69, 9.17) is 14.2 Å². The largest absolute Gasteiger partial charge is 0.508 e. The summed E-state index contributed by atoms with van der Waals surface area (Å²) >= 11 is 1.40. The SMILES string of the molecule is C=CCOC(=O)O[C@H](C)[C@H]1C(=O)N2C(C(=O)OCC=C)=C(C3=CCC(=O)c4c3sc3ccc(C(C)=O)cc43)C[C@H]12. The van der Waals surface area contributed by atoms with Crippen LogP contribution in [0.2, 0.25) is 0 Å². The van der Waals surface area contributed by atoms with Gasteiger partial charge in [0.2, 0.25) is 5.91 Å². The smallest absolute Gasteiger partial charge is 0.457 e. The number of benzene rings is 1. The Bertz CT molecular complexity index is 1560. The summed E-state index contributed by atoms with van der Waals surface area (Å²) in [4.78, 5) is 65.8. The van der Waals surface area contributed by atoms with Crippen molar-refractivity contribution in [3.8, 4) is 0 Å². The third kappa shape index (κ3) is 4.48. The molecule has 3 aliphatic rings. The molecule has 9 nitrogen and oxygen atoms in total. The first kappa shape index (κ1) is 27.3. The minimum absolute atomic E-state index is 0.0248. The van der Waals surface area contributed by atoms with E-state index in [0.717, 1.165) is 4.70 Å². The van der Waals surface area contributed by atoms with E-state index in [-0.39, 0.29) is 42.8 Å². The summed E-state index contributed by atoms with van der Waals surface area (Å²) in [5, 5.41) is 0.690. The van der Waals surface area contributed by atoms with Gasteiger partial charge in [-0.25, -0.2) is 9.59 Å². The summed E-state index contributed by atoms with van der Waals surface area (Å²) in [5.41, 5.74) is 2.40. The van der Waals surface area contributed by atoms with Crippen LogP contribution in [0.25, 0.3) is 15.7 Å². The summed E-state index contributed by atoms with van der Waals surface area (Å²) in [5.74, 6) is -1.93. The molecule has 0 saturated carbocycles. The first-order valence-corrected chi connectivity index (χ1v) is 13.6. The number of ether oxygens (including phenoxy) is 3. The van der Waals surface area contributed by atoms with Crippen molar-refractivity contribution in [3.05, 3.63) is 76.9 Å². The number of amides is 1. The van der Waals surface area contributed by atoms with E-state index < -0.39 is 30.2 Å². The Morgan fingerprint density at radius 3 is 2.58 bits per heavy atom. The first-order chi connectivity index (χ1) is 19.2. The van der Waals surface area contributed by atoms with Crippen molar-refractivity contribution < 1.29 is 38.2 Å². The highest BCUT2D eigenvalue weighted by molar-refractivity contribution is 7.20. The van der Waals surface area contributed by atoms with E-state index in [1.807, 2.05) is 6.07 Å². The van der Waals surface area contributed by atoms with E-state index in [2.05, 4.69) is 13.2 Å². The van der Waals surface area contributed by atoms with Gasteiger partial charge in [-0.05, 0) is 49.6 Å². The molecule has 1 amide bonds. The molecule has 2 aliphatic heterocycles. The van der Waals surface area contributed by atoms with Gasteiger partial charge in [0.15, 0.2) is 11.6 Å². The second kappa shape index (κ2) is 10.7. The van der Waals surface area contributed by atoms with E-state index in [9.17, 15) is 24.0 Å². The molecule has 10 heteroatoms. The van der Waals surface area contributed by atoms with Crippen LogP contribution in [0.4, 0.5) is 4.79 Å². The van der Waals surface area contributed by atoms with Gasteiger partial charge in [0.1, 0.15) is 25.0 Å². The van der Waals surface area contributed by atoms with Crippen LogP contribution in [0.15, 0.2) is 60.9 Å². The van der Waals surface area contributed by atoms with Gasteiger partial charge in [-0.3, -0.25) is 14.4 Å². The highest BCUT2D eigenvalue weighted by Crippen LogP contribution is 2.51. The van der Waals surface area contributed by atoms with Crippen molar-refractivity contribution in [3.63, 3.8) is 0 Å². The normalized spacial score (nSPS) is 20.2. The fraction of sp³-hybridized carbons (Fsp3) is 0.300. The Kier molecular flexibility index (Phi) is 7.29. The van der Waals surface area contributed by atoms with Gasteiger partial charge in [0.25, 0.3) is 0 Å². The van der Waals surface area contributed by atoms with Gasteiger partial charge in [-0.2, -0.15) is 0 Å². The van der Waals surface area contributed by atoms with Gasteiger partial charge in [-0.1, -0.05) is 31.4 Å². The molecule has 0 bridgehead atoms. The number of fused-ring (bicyclic) bond motifs is 4. The number of nitrogens with zero attached hydrogens (tertiary/aromatic N) is 1. The fourth-order valence-electron chi connectivity index (χ4n) is 5.51. The average Bonchev–Trinajstić information content (AvgIpc) is 3.47. The van der Waals surface area contributed by atoms with Crippen molar-refractivity contribution in [1.29, 1.82) is 0 Å². The maximum Gasteiger partial charge on any atom is 0.508 e. The van der Waals surface area contributed by atoms with Crippen molar-refractivity contribution in [1.82, 2.24) is 4.90 Å². The third-order valence-corrected chi connectivity index (χ3v) is 8.48. The lowest BCUT2D eigenvalue weighted by Gasteiger charge is -2.45. The molecule has 3 heterocycles. The van der Waals surface area contributed by atoms with Crippen molar-refractivity contribution in [2.45, 2.75) is 38.8 Å². The van der Waals surface area contributed by atoms with Gasteiger partial charge in [0.05, 0.1) is 12.0 Å². The number of carbonyl (C=O) groups excluding carboxylic acids is 5. The third-order valence-electron chi connectivity index (χ3n) is 7.28. The number of ketones is 2. The summed E-state index contributed by atoms with van der Waals surface area (Å²) in [6.45, 7) is 10.1. The molecule has 1 fully saturated rings. The van der Waals surface area contributed by atoms with Crippen LogP contribution in [0.1, 0.15) is 52.3 Å².